The molecule has 0 aliphatic rings. The molecule has 1 aromatic carbocycles. The van der Waals surface area contributed by atoms with Crippen molar-refractivity contribution in [2.45, 2.75) is 19.3 Å². The fraction of sp³-hybridized carbons (Fsp3) is 0.231. The van der Waals surface area contributed by atoms with E-state index in [0.29, 0.717) is 6.42 Å². The van der Waals surface area contributed by atoms with Gasteiger partial charge in [-0.3, -0.25) is 4.79 Å². The van der Waals surface area contributed by atoms with Gasteiger partial charge in [0.25, 0.3) is 0 Å². The van der Waals surface area contributed by atoms with Crippen molar-refractivity contribution in [3.63, 3.8) is 0 Å². The second kappa shape index (κ2) is 6.11. The van der Waals surface area contributed by atoms with E-state index in [2.05, 4.69) is 33.0 Å². The van der Waals surface area contributed by atoms with Gasteiger partial charge in [-0.05, 0) is 17.7 Å². The standard InChI is InChI=1S/C13H12BrNO2S/c14-10-3-1-9(2-4-10)7-12-15-11(8-18-12)5-6-13(16)17/h1-4,8H,5-7H2,(H,16,17). The molecule has 0 saturated heterocycles. The van der Waals surface area contributed by atoms with Crippen LogP contribution in [0.2, 0.25) is 0 Å². The van der Waals surface area contributed by atoms with Crippen molar-refractivity contribution >= 4 is 33.2 Å². The maximum Gasteiger partial charge on any atom is 0.303 e. The molecule has 18 heavy (non-hydrogen) atoms. The van der Waals surface area contributed by atoms with Gasteiger partial charge in [-0.1, -0.05) is 28.1 Å². The number of carboxylic acids is 1. The van der Waals surface area contributed by atoms with Crippen LogP contribution in [-0.2, 0) is 17.6 Å². The summed E-state index contributed by atoms with van der Waals surface area (Å²) in [4.78, 5) is 14.9. The topological polar surface area (TPSA) is 50.2 Å². The number of thiazole rings is 1. The first-order chi connectivity index (χ1) is 8.63. The summed E-state index contributed by atoms with van der Waals surface area (Å²) in [5.74, 6) is -0.780. The zero-order valence-corrected chi connectivity index (χ0v) is 12.0. The van der Waals surface area contributed by atoms with Crippen molar-refractivity contribution in [2.75, 3.05) is 0 Å². The monoisotopic (exact) mass is 325 g/mol. The minimum absolute atomic E-state index is 0.140. The highest BCUT2D eigenvalue weighted by Gasteiger charge is 2.05. The highest BCUT2D eigenvalue weighted by Crippen LogP contribution is 2.17. The molecular formula is C13H12BrNO2S. The summed E-state index contributed by atoms with van der Waals surface area (Å²) in [6.07, 6.45) is 1.44. The Labute approximate surface area is 118 Å². The molecule has 0 aliphatic carbocycles. The number of hydrogen-bond donors (Lipinski definition) is 1. The number of carbonyl (C=O) groups is 1. The van der Waals surface area contributed by atoms with Crippen LogP contribution in [0.25, 0.3) is 0 Å². The molecule has 1 N–H and O–H groups in total. The minimum Gasteiger partial charge on any atom is -0.481 e. The van der Waals surface area contributed by atoms with Crippen molar-refractivity contribution < 1.29 is 9.90 Å². The maximum absolute atomic E-state index is 10.5. The number of nitrogens with zero attached hydrogens (tertiary/aromatic N) is 1. The fourth-order valence-corrected chi connectivity index (χ4v) is 2.68. The average Bonchev–Trinajstić information content (AvgIpc) is 2.77. The molecule has 0 amide bonds. The van der Waals surface area contributed by atoms with E-state index in [9.17, 15) is 4.79 Å². The first kappa shape index (κ1) is 13.2. The number of aliphatic carboxylic acids is 1. The lowest BCUT2D eigenvalue weighted by molar-refractivity contribution is -0.136. The molecule has 5 heteroatoms. The Hall–Kier alpha value is -1.20. The molecule has 94 valence electrons. The van der Waals surface area contributed by atoms with Crippen LogP contribution in [0.15, 0.2) is 34.1 Å². The second-order valence-electron chi connectivity index (χ2n) is 3.93. The van der Waals surface area contributed by atoms with Crippen LogP contribution < -0.4 is 0 Å². The Kier molecular flexibility index (Phi) is 4.49. The third-order valence-electron chi connectivity index (χ3n) is 2.46. The molecule has 2 rings (SSSR count). The number of benzene rings is 1. The van der Waals surface area contributed by atoms with Crippen LogP contribution in [0.3, 0.4) is 0 Å². The van der Waals surface area contributed by atoms with E-state index in [-0.39, 0.29) is 6.42 Å². The molecule has 0 aliphatic heterocycles. The molecule has 1 heterocycles. The highest BCUT2D eigenvalue weighted by atomic mass is 79.9. The molecule has 0 radical (unpaired) electrons. The Morgan fingerprint density at radius 3 is 2.72 bits per heavy atom. The van der Waals surface area contributed by atoms with Crippen LogP contribution in [0.1, 0.15) is 22.7 Å². The van der Waals surface area contributed by atoms with E-state index in [4.69, 9.17) is 5.11 Å². The molecule has 0 fully saturated rings. The fourth-order valence-electron chi connectivity index (χ4n) is 1.56. The van der Waals surface area contributed by atoms with Gasteiger partial charge in [0.1, 0.15) is 0 Å². The van der Waals surface area contributed by atoms with Crippen molar-refractivity contribution in [1.29, 1.82) is 0 Å². The lowest BCUT2D eigenvalue weighted by atomic mass is 10.2. The summed E-state index contributed by atoms with van der Waals surface area (Å²) in [5, 5.41) is 11.6. The average molecular weight is 326 g/mol. The number of halogens is 1. The molecule has 2 aromatic rings. The lowest BCUT2D eigenvalue weighted by Crippen LogP contribution is -1.98. The largest absolute Gasteiger partial charge is 0.481 e. The van der Waals surface area contributed by atoms with Gasteiger partial charge >= 0.3 is 5.97 Å². The van der Waals surface area contributed by atoms with Gasteiger partial charge < -0.3 is 5.11 Å². The third kappa shape index (κ3) is 3.92. The Balaban J connectivity index is 1.97. The quantitative estimate of drug-likeness (QED) is 0.915. The SMILES string of the molecule is O=C(O)CCc1csc(Cc2ccc(Br)cc2)n1. The van der Waals surface area contributed by atoms with Gasteiger partial charge in [0.05, 0.1) is 17.1 Å². The Morgan fingerprint density at radius 1 is 1.33 bits per heavy atom. The lowest BCUT2D eigenvalue weighted by Gasteiger charge is -1.98. The van der Waals surface area contributed by atoms with E-state index < -0.39 is 5.97 Å². The van der Waals surface area contributed by atoms with Crippen LogP contribution >= 0.6 is 27.3 Å². The molecule has 3 nitrogen and oxygen atoms in total. The smallest absolute Gasteiger partial charge is 0.303 e. The van der Waals surface area contributed by atoms with E-state index in [1.807, 2.05) is 17.5 Å². The Bertz CT molecular complexity index is 536. The molecule has 0 bridgehead atoms. The number of carboxylic acid groups (broad SMARTS) is 1. The van der Waals surface area contributed by atoms with E-state index >= 15 is 0 Å². The number of hydrogen-bond acceptors (Lipinski definition) is 3. The van der Waals surface area contributed by atoms with Gasteiger partial charge in [0.2, 0.25) is 0 Å². The van der Waals surface area contributed by atoms with E-state index in [1.54, 1.807) is 11.3 Å². The zero-order valence-electron chi connectivity index (χ0n) is 9.60. The van der Waals surface area contributed by atoms with Gasteiger partial charge in [-0.25, -0.2) is 4.98 Å². The Morgan fingerprint density at radius 2 is 2.06 bits per heavy atom. The van der Waals surface area contributed by atoms with Gasteiger partial charge in [0, 0.05) is 22.7 Å². The first-order valence-electron chi connectivity index (χ1n) is 5.53. The summed E-state index contributed by atoms with van der Waals surface area (Å²) < 4.78 is 1.06. The van der Waals surface area contributed by atoms with E-state index in [1.165, 1.54) is 5.56 Å². The predicted molar refractivity (Wildman–Crippen MR) is 75.0 cm³/mol. The van der Waals surface area contributed by atoms with Crippen LogP contribution in [0.5, 0.6) is 0 Å². The minimum atomic E-state index is -0.780. The second-order valence-corrected chi connectivity index (χ2v) is 5.79. The molecule has 1 aromatic heterocycles. The summed E-state index contributed by atoms with van der Waals surface area (Å²) in [7, 11) is 0. The number of aryl methyl sites for hydroxylation is 1. The maximum atomic E-state index is 10.5. The summed E-state index contributed by atoms with van der Waals surface area (Å²) in [6.45, 7) is 0. The van der Waals surface area contributed by atoms with Gasteiger partial charge in [0.15, 0.2) is 0 Å². The van der Waals surface area contributed by atoms with Gasteiger partial charge in [-0.2, -0.15) is 0 Å². The number of aromatic nitrogens is 1. The molecule has 0 saturated carbocycles. The van der Waals surface area contributed by atoms with Crippen LogP contribution in [-0.4, -0.2) is 16.1 Å². The predicted octanol–water partition coefficient (Wildman–Crippen LogP) is 3.51. The summed E-state index contributed by atoms with van der Waals surface area (Å²) in [5.41, 5.74) is 2.08. The van der Waals surface area contributed by atoms with Crippen LogP contribution in [0.4, 0.5) is 0 Å². The molecule has 0 atom stereocenters. The van der Waals surface area contributed by atoms with Gasteiger partial charge in [-0.15, -0.1) is 11.3 Å². The number of rotatable bonds is 5. The first-order valence-corrected chi connectivity index (χ1v) is 7.20. The van der Waals surface area contributed by atoms with Crippen LogP contribution in [0, 0.1) is 0 Å². The van der Waals surface area contributed by atoms with Crippen molar-refractivity contribution in [2.24, 2.45) is 0 Å². The highest BCUT2D eigenvalue weighted by molar-refractivity contribution is 9.10. The van der Waals surface area contributed by atoms with Crippen molar-refractivity contribution in [1.82, 2.24) is 4.98 Å². The normalized spacial score (nSPS) is 10.5. The molecule has 0 unspecified atom stereocenters. The summed E-state index contributed by atoms with van der Waals surface area (Å²) >= 11 is 4.98. The van der Waals surface area contributed by atoms with Crippen molar-refractivity contribution in [3.8, 4) is 0 Å². The van der Waals surface area contributed by atoms with E-state index in [0.717, 1.165) is 21.6 Å². The summed E-state index contributed by atoms with van der Waals surface area (Å²) in [6, 6.07) is 8.13. The molecule has 0 spiro atoms. The van der Waals surface area contributed by atoms with Crippen molar-refractivity contribution in [3.05, 3.63) is 50.4 Å². The third-order valence-corrected chi connectivity index (χ3v) is 3.89. The molecular weight excluding hydrogens is 314 g/mol. The zero-order chi connectivity index (χ0) is 13.0.